The number of methoxy groups -OCH3 is 2. The van der Waals surface area contributed by atoms with Gasteiger partial charge in [0.1, 0.15) is 11.5 Å². The molecule has 0 atom stereocenters. The molecule has 1 aliphatic heterocycles. The average molecular weight is 265 g/mol. The zero-order chi connectivity index (χ0) is 13.1. The van der Waals surface area contributed by atoms with Gasteiger partial charge < -0.3 is 14.2 Å². The summed E-state index contributed by atoms with van der Waals surface area (Å²) in [6.45, 7) is 0. The highest BCUT2D eigenvalue weighted by Gasteiger charge is 2.23. The minimum Gasteiger partial charge on any atom is -0.497 e. The predicted octanol–water partition coefficient (Wildman–Crippen LogP) is 1.48. The molecule has 0 radical (unpaired) electrons. The van der Waals surface area contributed by atoms with Crippen LogP contribution in [-0.2, 0) is 9.53 Å². The van der Waals surface area contributed by atoms with Crippen LogP contribution in [-0.4, -0.2) is 25.3 Å². The molecular weight excluding hydrogens is 254 g/mol. The van der Waals surface area contributed by atoms with Crippen molar-refractivity contribution in [2.24, 2.45) is 0 Å². The van der Waals surface area contributed by atoms with Crippen LogP contribution in [0.3, 0.4) is 0 Å². The number of hydrogen-bond donors (Lipinski definition) is 1. The van der Waals surface area contributed by atoms with Gasteiger partial charge in [-0.3, -0.25) is 10.1 Å². The van der Waals surface area contributed by atoms with Crippen molar-refractivity contribution in [1.82, 2.24) is 5.32 Å². The van der Waals surface area contributed by atoms with Crippen molar-refractivity contribution in [1.29, 1.82) is 0 Å². The Labute approximate surface area is 109 Å². The standard InChI is InChI=1S/C12H11NO4S/c1-15-8-3-7(4-9(6-8)16-2)5-10-11(14)13-12(18)17-10/h3-6H,1-2H3,(H,13,14,18)/b10-5-. The fourth-order valence-electron chi connectivity index (χ4n) is 1.49. The third-order valence-electron chi connectivity index (χ3n) is 2.31. The third kappa shape index (κ3) is 2.60. The minimum atomic E-state index is -0.359. The minimum absolute atomic E-state index is 0.0566. The Balaban J connectivity index is 2.36. The van der Waals surface area contributed by atoms with Crippen LogP contribution >= 0.6 is 12.2 Å². The summed E-state index contributed by atoms with van der Waals surface area (Å²) in [4.78, 5) is 11.4. The Morgan fingerprint density at radius 1 is 1.22 bits per heavy atom. The zero-order valence-electron chi connectivity index (χ0n) is 9.85. The molecule has 1 amide bonds. The molecule has 0 aliphatic carbocycles. The van der Waals surface area contributed by atoms with Crippen LogP contribution in [0.1, 0.15) is 5.56 Å². The molecule has 0 aromatic heterocycles. The van der Waals surface area contributed by atoms with Crippen molar-refractivity contribution in [3.8, 4) is 11.5 Å². The Bertz CT molecular complexity index is 517. The molecular formula is C12H11NO4S. The first-order chi connectivity index (χ1) is 8.62. The van der Waals surface area contributed by atoms with Gasteiger partial charge in [-0.05, 0) is 36.0 Å². The first-order valence-corrected chi connectivity index (χ1v) is 5.51. The van der Waals surface area contributed by atoms with Crippen LogP contribution < -0.4 is 14.8 Å². The Morgan fingerprint density at radius 3 is 2.28 bits per heavy atom. The summed E-state index contributed by atoms with van der Waals surface area (Å²) < 4.78 is 15.3. The van der Waals surface area contributed by atoms with Crippen molar-refractivity contribution in [3.63, 3.8) is 0 Å². The fourth-order valence-corrected chi connectivity index (χ4v) is 1.67. The van der Waals surface area contributed by atoms with Crippen LogP contribution in [0, 0.1) is 0 Å². The van der Waals surface area contributed by atoms with Gasteiger partial charge in [-0.2, -0.15) is 0 Å². The van der Waals surface area contributed by atoms with Gasteiger partial charge in [0.25, 0.3) is 11.1 Å². The number of ether oxygens (including phenoxy) is 3. The summed E-state index contributed by atoms with van der Waals surface area (Å²) in [6, 6.07) is 5.25. The van der Waals surface area contributed by atoms with E-state index in [4.69, 9.17) is 26.4 Å². The molecule has 1 aromatic rings. The molecule has 0 spiro atoms. The highest BCUT2D eigenvalue weighted by atomic mass is 32.1. The maximum absolute atomic E-state index is 11.4. The van der Waals surface area contributed by atoms with Gasteiger partial charge in [0, 0.05) is 6.07 Å². The van der Waals surface area contributed by atoms with E-state index in [9.17, 15) is 4.79 Å². The van der Waals surface area contributed by atoms with E-state index in [0.717, 1.165) is 5.56 Å². The van der Waals surface area contributed by atoms with Gasteiger partial charge in [-0.15, -0.1) is 0 Å². The number of nitrogens with one attached hydrogen (secondary N) is 1. The summed E-state index contributed by atoms with van der Waals surface area (Å²) in [7, 11) is 3.11. The molecule has 5 nitrogen and oxygen atoms in total. The van der Waals surface area contributed by atoms with Crippen LogP contribution in [0.25, 0.3) is 6.08 Å². The first-order valence-electron chi connectivity index (χ1n) is 5.10. The van der Waals surface area contributed by atoms with Crippen LogP contribution in [0.15, 0.2) is 24.0 Å². The molecule has 1 heterocycles. The second-order valence-electron chi connectivity index (χ2n) is 3.50. The zero-order valence-corrected chi connectivity index (χ0v) is 10.7. The van der Waals surface area contributed by atoms with Crippen LogP contribution in [0.5, 0.6) is 11.5 Å². The number of carbonyl (C=O) groups is 1. The summed E-state index contributed by atoms with van der Waals surface area (Å²) in [5.74, 6) is 1.04. The number of carbonyl (C=O) groups excluding carboxylic acids is 1. The fraction of sp³-hybridized carbons (Fsp3) is 0.167. The molecule has 1 fully saturated rings. The van der Waals surface area contributed by atoms with Gasteiger partial charge in [-0.25, -0.2) is 0 Å². The van der Waals surface area contributed by atoms with E-state index in [1.165, 1.54) is 0 Å². The highest BCUT2D eigenvalue weighted by molar-refractivity contribution is 7.80. The molecule has 6 heteroatoms. The number of benzene rings is 1. The lowest BCUT2D eigenvalue weighted by Gasteiger charge is -2.06. The topological polar surface area (TPSA) is 56.8 Å². The third-order valence-corrected chi connectivity index (χ3v) is 2.50. The van der Waals surface area contributed by atoms with Gasteiger partial charge >= 0.3 is 0 Å². The van der Waals surface area contributed by atoms with Gasteiger partial charge in [-0.1, -0.05) is 0 Å². The maximum atomic E-state index is 11.4. The molecule has 2 rings (SSSR count). The number of rotatable bonds is 3. The molecule has 1 saturated heterocycles. The SMILES string of the molecule is COc1cc(/C=C2\OC(=S)NC2=O)cc(OC)c1. The van der Waals surface area contributed by atoms with Crippen molar-refractivity contribution < 1.29 is 19.0 Å². The number of hydrogen-bond acceptors (Lipinski definition) is 5. The Kier molecular flexibility index (Phi) is 3.47. The average Bonchev–Trinajstić information content (AvgIpc) is 2.67. The smallest absolute Gasteiger partial charge is 0.294 e. The first kappa shape index (κ1) is 12.4. The van der Waals surface area contributed by atoms with Gasteiger partial charge in [0.05, 0.1) is 14.2 Å². The second-order valence-corrected chi connectivity index (χ2v) is 3.87. The van der Waals surface area contributed by atoms with E-state index in [0.29, 0.717) is 11.5 Å². The highest BCUT2D eigenvalue weighted by Crippen LogP contribution is 2.24. The summed E-state index contributed by atoms with van der Waals surface area (Å²) >= 11 is 4.74. The lowest BCUT2D eigenvalue weighted by molar-refractivity contribution is -0.116. The number of amides is 1. The van der Waals surface area contributed by atoms with E-state index in [1.807, 2.05) is 0 Å². The van der Waals surface area contributed by atoms with Gasteiger partial charge in [0.15, 0.2) is 5.76 Å². The lowest BCUT2D eigenvalue weighted by Crippen LogP contribution is -2.18. The van der Waals surface area contributed by atoms with E-state index in [-0.39, 0.29) is 16.8 Å². The van der Waals surface area contributed by atoms with Crippen molar-refractivity contribution in [2.45, 2.75) is 0 Å². The molecule has 94 valence electrons. The van der Waals surface area contributed by atoms with Crippen LogP contribution in [0.2, 0.25) is 0 Å². The quantitative estimate of drug-likeness (QED) is 0.662. The van der Waals surface area contributed by atoms with E-state index in [2.05, 4.69) is 5.32 Å². The van der Waals surface area contributed by atoms with Crippen molar-refractivity contribution in [3.05, 3.63) is 29.5 Å². The van der Waals surface area contributed by atoms with E-state index >= 15 is 0 Å². The summed E-state index contributed by atoms with van der Waals surface area (Å²) in [5, 5.41) is 2.44. The summed E-state index contributed by atoms with van der Waals surface area (Å²) in [6.07, 6.45) is 1.57. The second kappa shape index (κ2) is 5.05. The molecule has 0 bridgehead atoms. The Morgan fingerprint density at radius 2 is 1.83 bits per heavy atom. The van der Waals surface area contributed by atoms with Crippen LogP contribution in [0.4, 0.5) is 0 Å². The monoisotopic (exact) mass is 265 g/mol. The lowest BCUT2D eigenvalue weighted by atomic mass is 10.1. The predicted molar refractivity (Wildman–Crippen MR) is 69.3 cm³/mol. The number of thiocarbonyl (C=S) groups is 1. The van der Waals surface area contributed by atoms with Crippen molar-refractivity contribution >= 4 is 29.4 Å². The molecule has 0 unspecified atom stereocenters. The largest absolute Gasteiger partial charge is 0.497 e. The Hall–Kier alpha value is -2.08. The van der Waals surface area contributed by atoms with Crippen molar-refractivity contribution in [2.75, 3.05) is 14.2 Å². The normalized spacial score (nSPS) is 16.4. The van der Waals surface area contributed by atoms with E-state index < -0.39 is 0 Å². The summed E-state index contributed by atoms with van der Waals surface area (Å²) in [5.41, 5.74) is 0.723. The molecule has 18 heavy (non-hydrogen) atoms. The molecule has 1 N–H and O–H groups in total. The van der Waals surface area contributed by atoms with E-state index in [1.54, 1.807) is 38.5 Å². The molecule has 1 aliphatic rings. The maximum Gasteiger partial charge on any atom is 0.294 e. The molecule has 0 saturated carbocycles. The molecule has 1 aromatic carbocycles. The van der Waals surface area contributed by atoms with Gasteiger partial charge in [0.2, 0.25) is 0 Å².